The Bertz CT molecular complexity index is 717. The smallest absolute Gasteiger partial charge is 0.224 e. The van der Waals surface area contributed by atoms with Crippen LogP contribution in [0.5, 0.6) is 0 Å². The van der Waals surface area contributed by atoms with E-state index in [1.54, 1.807) is 6.26 Å². The van der Waals surface area contributed by atoms with Crippen LogP contribution in [0.2, 0.25) is 0 Å². The summed E-state index contributed by atoms with van der Waals surface area (Å²) in [5, 5.41) is 7.53. The summed E-state index contributed by atoms with van der Waals surface area (Å²) in [6.45, 7) is 9.22. The summed E-state index contributed by atoms with van der Waals surface area (Å²) in [6.07, 6.45) is 4.33. The molecule has 0 atom stereocenters. The Morgan fingerprint density at radius 2 is 2.00 bits per heavy atom. The van der Waals surface area contributed by atoms with Gasteiger partial charge in [-0.15, -0.1) is 12.4 Å². The van der Waals surface area contributed by atoms with Crippen LogP contribution in [0, 0.1) is 19.3 Å². The Hall–Kier alpha value is -1.52. The zero-order valence-corrected chi connectivity index (χ0v) is 15.5. The molecule has 1 aliphatic rings. The molecule has 0 unspecified atom stereocenters. The van der Waals surface area contributed by atoms with Gasteiger partial charge in [0, 0.05) is 17.5 Å². The summed E-state index contributed by atoms with van der Waals surface area (Å²) >= 11 is 0. The van der Waals surface area contributed by atoms with Gasteiger partial charge in [-0.25, -0.2) is 0 Å². The van der Waals surface area contributed by atoms with Crippen molar-refractivity contribution in [1.82, 2.24) is 10.6 Å². The number of aryl methyl sites for hydroxylation is 2. The molecule has 4 nitrogen and oxygen atoms in total. The van der Waals surface area contributed by atoms with Gasteiger partial charge in [0.05, 0.1) is 12.7 Å². The Balaban J connectivity index is 0.00000208. The average Bonchev–Trinajstić information content (AvgIpc) is 2.93. The Kier molecular flexibility index (Phi) is 5.94. The van der Waals surface area contributed by atoms with Crippen molar-refractivity contribution in [3.05, 3.63) is 35.1 Å². The van der Waals surface area contributed by atoms with Crippen molar-refractivity contribution in [2.45, 2.75) is 40.0 Å². The van der Waals surface area contributed by atoms with Crippen LogP contribution in [0.15, 0.2) is 22.8 Å². The van der Waals surface area contributed by atoms with Crippen LogP contribution >= 0.6 is 12.4 Å². The molecule has 24 heavy (non-hydrogen) atoms. The molecule has 2 heterocycles. The molecule has 0 aliphatic carbocycles. The molecule has 1 aromatic carbocycles. The first-order valence-corrected chi connectivity index (χ1v) is 8.42. The van der Waals surface area contributed by atoms with Crippen molar-refractivity contribution in [2.75, 3.05) is 19.6 Å². The largest absolute Gasteiger partial charge is 0.464 e. The lowest BCUT2D eigenvalue weighted by molar-refractivity contribution is -0.121. The van der Waals surface area contributed by atoms with Crippen molar-refractivity contribution in [3.8, 4) is 0 Å². The lowest BCUT2D eigenvalue weighted by Gasteiger charge is -2.34. The molecule has 1 amide bonds. The fraction of sp³-hybridized carbons (Fsp3) is 0.526. The van der Waals surface area contributed by atoms with Gasteiger partial charge < -0.3 is 15.1 Å². The molecule has 1 aromatic heterocycles. The Morgan fingerprint density at radius 1 is 1.29 bits per heavy atom. The van der Waals surface area contributed by atoms with Gasteiger partial charge in [-0.1, -0.05) is 19.1 Å². The summed E-state index contributed by atoms with van der Waals surface area (Å²) in [7, 11) is 0. The molecule has 0 radical (unpaired) electrons. The molecule has 5 heteroatoms. The highest BCUT2D eigenvalue weighted by atomic mass is 35.5. The van der Waals surface area contributed by atoms with Crippen LogP contribution in [0.1, 0.15) is 36.5 Å². The van der Waals surface area contributed by atoms with Gasteiger partial charge in [0.1, 0.15) is 5.58 Å². The first-order valence-electron chi connectivity index (χ1n) is 8.42. The van der Waals surface area contributed by atoms with Crippen LogP contribution in [0.25, 0.3) is 11.0 Å². The molecular weight excluding hydrogens is 324 g/mol. The van der Waals surface area contributed by atoms with Crippen molar-refractivity contribution in [1.29, 1.82) is 0 Å². The van der Waals surface area contributed by atoms with Crippen molar-refractivity contribution in [2.24, 2.45) is 5.41 Å². The molecular formula is C19H27ClN2O2. The van der Waals surface area contributed by atoms with Gasteiger partial charge in [0.25, 0.3) is 0 Å². The van der Waals surface area contributed by atoms with E-state index in [1.807, 2.05) is 0 Å². The highest BCUT2D eigenvalue weighted by molar-refractivity contribution is 5.89. The van der Waals surface area contributed by atoms with E-state index in [-0.39, 0.29) is 23.7 Å². The second-order valence-corrected chi connectivity index (χ2v) is 7.16. The van der Waals surface area contributed by atoms with E-state index in [4.69, 9.17) is 4.42 Å². The maximum absolute atomic E-state index is 12.3. The normalized spacial score (nSPS) is 16.6. The summed E-state index contributed by atoms with van der Waals surface area (Å²) < 4.78 is 5.69. The summed E-state index contributed by atoms with van der Waals surface area (Å²) in [4.78, 5) is 12.3. The van der Waals surface area contributed by atoms with Gasteiger partial charge in [-0.05, 0) is 56.3 Å². The molecule has 132 valence electrons. The molecule has 0 saturated carbocycles. The average molecular weight is 351 g/mol. The quantitative estimate of drug-likeness (QED) is 0.887. The van der Waals surface area contributed by atoms with E-state index in [1.165, 1.54) is 5.56 Å². The first kappa shape index (κ1) is 18.8. The summed E-state index contributed by atoms with van der Waals surface area (Å²) in [5.74, 6) is 0.0747. The minimum Gasteiger partial charge on any atom is -0.464 e. The highest BCUT2D eigenvalue weighted by Crippen LogP contribution is 2.28. The lowest BCUT2D eigenvalue weighted by atomic mass is 9.81. The van der Waals surface area contributed by atoms with Crippen molar-refractivity contribution >= 4 is 29.3 Å². The third-order valence-electron chi connectivity index (χ3n) is 5.22. The Morgan fingerprint density at radius 3 is 2.71 bits per heavy atom. The SMILES string of the molecule is Cc1ccc2c(CC(=O)NCC3(C)CCNCC3)coc2c1C.Cl. The van der Waals surface area contributed by atoms with E-state index in [0.29, 0.717) is 6.42 Å². The van der Waals surface area contributed by atoms with Crippen LogP contribution in [0.3, 0.4) is 0 Å². The van der Waals surface area contributed by atoms with Crippen molar-refractivity contribution in [3.63, 3.8) is 0 Å². The Labute approximate surface area is 149 Å². The van der Waals surface area contributed by atoms with Gasteiger partial charge in [0.15, 0.2) is 0 Å². The third-order valence-corrected chi connectivity index (χ3v) is 5.22. The van der Waals surface area contributed by atoms with E-state index in [9.17, 15) is 4.79 Å². The molecule has 3 rings (SSSR count). The predicted molar refractivity (Wildman–Crippen MR) is 99.9 cm³/mol. The molecule has 0 bridgehead atoms. The van der Waals surface area contributed by atoms with Gasteiger partial charge >= 0.3 is 0 Å². The van der Waals surface area contributed by atoms with Crippen LogP contribution < -0.4 is 10.6 Å². The number of halogens is 1. The molecule has 1 aliphatic heterocycles. The number of piperidine rings is 1. The molecule has 1 fully saturated rings. The number of benzene rings is 1. The topological polar surface area (TPSA) is 54.3 Å². The van der Waals surface area contributed by atoms with Crippen LogP contribution in [-0.2, 0) is 11.2 Å². The minimum atomic E-state index is 0. The summed E-state index contributed by atoms with van der Waals surface area (Å²) in [5.41, 5.74) is 4.44. The zero-order chi connectivity index (χ0) is 16.4. The number of nitrogens with one attached hydrogen (secondary N) is 2. The molecule has 2 N–H and O–H groups in total. The van der Waals surface area contributed by atoms with Gasteiger partial charge in [-0.3, -0.25) is 4.79 Å². The maximum atomic E-state index is 12.3. The number of carbonyl (C=O) groups is 1. The third kappa shape index (κ3) is 3.93. The van der Waals surface area contributed by atoms with E-state index < -0.39 is 0 Å². The second kappa shape index (κ2) is 7.58. The fourth-order valence-corrected chi connectivity index (χ4v) is 3.28. The number of furan rings is 1. The van der Waals surface area contributed by atoms with Gasteiger partial charge in [0.2, 0.25) is 5.91 Å². The number of amides is 1. The maximum Gasteiger partial charge on any atom is 0.224 e. The fourth-order valence-electron chi connectivity index (χ4n) is 3.28. The lowest BCUT2D eigenvalue weighted by Crippen LogP contribution is -2.43. The van der Waals surface area contributed by atoms with E-state index in [2.05, 4.69) is 43.5 Å². The number of rotatable bonds is 4. The second-order valence-electron chi connectivity index (χ2n) is 7.16. The molecule has 2 aromatic rings. The molecule has 0 spiro atoms. The number of fused-ring (bicyclic) bond motifs is 1. The van der Waals surface area contributed by atoms with Crippen LogP contribution in [0.4, 0.5) is 0 Å². The molecule has 1 saturated heterocycles. The van der Waals surface area contributed by atoms with Crippen molar-refractivity contribution < 1.29 is 9.21 Å². The number of carbonyl (C=O) groups excluding carboxylic acids is 1. The standard InChI is InChI=1S/C19H26N2O2.ClH/c1-13-4-5-16-15(11-23-18(16)14(13)2)10-17(22)21-12-19(3)6-8-20-9-7-19;/h4-5,11,20H,6-10,12H2,1-3H3,(H,21,22);1H. The van der Waals surface area contributed by atoms with E-state index >= 15 is 0 Å². The number of hydrogen-bond donors (Lipinski definition) is 2. The predicted octanol–water partition coefficient (Wildman–Crippen LogP) is 3.52. The summed E-state index contributed by atoms with van der Waals surface area (Å²) in [6, 6.07) is 4.14. The van der Waals surface area contributed by atoms with E-state index in [0.717, 1.165) is 54.6 Å². The number of hydrogen-bond acceptors (Lipinski definition) is 3. The zero-order valence-electron chi connectivity index (χ0n) is 14.7. The first-order chi connectivity index (χ1) is 11.0. The van der Waals surface area contributed by atoms with Gasteiger partial charge in [-0.2, -0.15) is 0 Å². The monoisotopic (exact) mass is 350 g/mol. The highest BCUT2D eigenvalue weighted by Gasteiger charge is 2.27. The minimum absolute atomic E-state index is 0. The van der Waals surface area contributed by atoms with Crippen LogP contribution in [-0.4, -0.2) is 25.5 Å².